The number of methoxy groups -OCH3 is 1. The Balaban J connectivity index is 1.35. The van der Waals surface area contributed by atoms with E-state index in [0.717, 1.165) is 30.9 Å². The number of nitrogens with zero attached hydrogens (tertiary/aromatic N) is 3. The molecule has 9 heteroatoms. The zero-order valence-corrected chi connectivity index (χ0v) is 18.7. The highest BCUT2D eigenvalue weighted by Crippen LogP contribution is 2.28. The number of hydrogen-bond acceptors (Lipinski definition) is 6. The minimum atomic E-state index is -3.50. The van der Waals surface area contributed by atoms with Crippen LogP contribution in [0.1, 0.15) is 12.8 Å². The summed E-state index contributed by atoms with van der Waals surface area (Å²) in [6.45, 7) is 3.59. The smallest absolute Gasteiger partial charge is 0.252 e. The number of rotatable bonds is 5. The summed E-state index contributed by atoms with van der Waals surface area (Å²) in [5, 5.41) is 1.77. The first-order valence-corrected chi connectivity index (χ1v) is 12.5. The first-order valence-electron chi connectivity index (χ1n) is 10.2. The second-order valence-electron chi connectivity index (χ2n) is 7.64. The molecule has 7 nitrogen and oxygen atoms in total. The highest BCUT2D eigenvalue weighted by molar-refractivity contribution is 7.91. The summed E-state index contributed by atoms with van der Waals surface area (Å²) in [4.78, 5) is 17.3. The van der Waals surface area contributed by atoms with Crippen molar-refractivity contribution in [3.8, 4) is 5.75 Å². The third kappa shape index (κ3) is 4.33. The van der Waals surface area contributed by atoms with E-state index in [0.29, 0.717) is 30.3 Å². The molecule has 162 valence electrons. The molecule has 0 radical (unpaired) electrons. The molecule has 2 aliphatic heterocycles. The van der Waals surface area contributed by atoms with Crippen molar-refractivity contribution in [3.05, 3.63) is 41.8 Å². The van der Waals surface area contributed by atoms with Gasteiger partial charge in [-0.15, -0.1) is 11.3 Å². The molecule has 0 aliphatic carbocycles. The number of piperidine rings is 1. The maximum Gasteiger partial charge on any atom is 0.252 e. The quantitative estimate of drug-likeness (QED) is 0.702. The normalized spacial score (nSPS) is 20.9. The molecule has 1 aromatic carbocycles. The van der Waals surface area contributed by atoms with Crippen LogP contribution in [0.25, 0.3) is 0 Å². The molecule has 0 bridgehead atoms. The largest absolute Gasteiger partial charge is 0.497 e. The number of carbonyl (C=O) groups is 1. The van der Waals surface area contributed by atoms with E-state index in [1.807, 2.05) is 29.2 Å². The van der Waals surface area contributed by atoms with Gasteiger partial charge < -0.3 is 14.5 Å². The van der Waals surface area contributed by atoms with Crippen molar-refractivity contribution in [3.63, 3.8) is 0 Å². The molecule has 0 N–H and O–H groups in total. The molecule has 0 unspecified atom stereocenters. The van der Waals surface area contributed by atoms with Gasteiger partial charge in [0.05, 0.1) is 13.0 Å². The Morgan fingerprint density at radius 1 is 1.07 bits per heavy atom. The van der Waals surface area contributed by atoms with Crippen LogP contribution in [0.3, 0.4) is 0 Å². The molecule has 3 heterocycles. The molecule has 2 aromatic rings. The molecule has 1 aromatic heterocycles. The minimum absolute atomic E-state index is 0.0791. The van der Waals surface area contributed by atoms with Crippen LogP contribution in [-0.4, -0.2) is 69.9 Å². The van der Waals surface area contributed by atoms with Gasteiger partial charge in [0.2, 0.25) is 5.91 Å². The first-order chi connectivity index (χ1) is 14.5. The minimum Gasteiger partial charge on any atom is -0.497 e. The van der Waals surface area contributed by atoms with Gasteiger partial charge in [0.1, 0.15) is 9.96 Å². The lowest BCUT2D eigenvalue weighted by atomic mass is 9.97. The van der Waals surface area contributed by atoms with Gasteiger partial charge in [-0.3, -0.25) is 4.79 Å². The molecule has 4 rings (SSSR count). The van der Waals surface area contributed by atoms with Crippen molar-refractivity contribution >= 4 is 33.0 Å². The van der Waals surface area contributed by atoms with E-state index in [1.54, 1.807) is 24.6 Å². The van der Waals surface area contributed by atoms with Gasteiger partial charge in [0.15, 0.2) is 0 Å². The van der Waals surface area contributed by atoms with Gasteiger partial charge in [0.25, 0.3) is 10.0 Å². The summed E-state index contributed by atoms with van der Waals surface area (Å²) in [5.74, 6) is 0.642. The van der Waals surface area contributed by atoms with E-state index in [4.69, 9.17) is 4.74 Å². The van der Waals surface area contributed by atoms with Crippen LogP contribution >= 0.6 is 11.3 Å². The summed E-state index contributed by atoms with van der Waals surface area (Å²) in [7, 11) is -1.85. The van der Waals surface area contributed by atoms with Gasteiger partial charge in [-0.2, -0.15) is 4.31 Å². The lowest BCUT2D eigenvalue weighted by Gasteiger charge is -2.39. The molecular weight excluding hydrogens is 422 g/mol. The van der Waals surface area contributed by atoms with E-state index in [9.17, 15) is 13.2 Å². The lowest BCUT2D eigenvalue weighted by Crippen LogP contribution is -2.53. The van der Waals surface area contributed by atoms with Crippen molar-refractivity contribution in [1.82, 2.24) is 9.21 Å². The van der Waals surface area contributed by atoms with Gasteiger partial charge in [-0.25, -0.2) is 8.42 Å². The average Bonchev–Trinajstić information content (AvgIpc) is 3.35. The number of piperazine rings is 1. The third-order valence-electron chi connectivity index (χ3n) is 5.85. The molecule has 1 amide bonds. The number of carbonyl (C=O) groups excluding carboxylic acids is 1. The lowest BCUT2D eigenvalue weighted by molar-refractivity contribution is -0.137. The second kappa shape index (κ2) is 8.95. The summed E-state index contributed by atoms with van der Waals surface area (Å²) in [6.07, 6.45) is 1.46. The predicted molar refractivity (Wildman–Crippen MR) is 118 cm³/mol. The van der Waals surface area contributed by atoms with E-state index < -0.39 is 10.0 Å². The van der Waals surface area contributed by atoms with Crippen molar-refractivity contribution in [2.75, 3.05) is 51.3 Å². The molecule has 0 spiro atoms. The molecule has 30 heavy (non-hydrogen) atoms. The fraction of sp³-hybridized carbons (Fsp3) is 0.476. The van der Waals surface area contributed by atoms with Crippen molar-refractivity contribution in [1.29, 1.82) is 0 Å². The number of thiophene rings is 1. The first kappa shape index (κ1) is 21.1. The number of ether oxygens (including phenoxy) is 1. The highest BCUT2D eigenvalue weighted by Gasteiger charge is 2.36. The van der Waals surface area contributed by atoms with Crippen LogP contribution in [-0.2, 0) is 14.8 Å². The third-order valence-corrected chi connectivity index (χ3v) is 9.09. The fourth-order valence-electron chi connectivity index (χ4n) is 4.14. The van der Waals surface area contributed by atoms with E-state index in [2.05, 4.69) is 4.90 Å². The predicted octanol–water partition coefficient (Wildman–Crippen LogP) is 2.51. The van der Waals surface area contributed by atoms with E-state index >= 15 is 0 Å². The zero-order chi connectivity index (χ0) is 21.1. The second-order valence-corrected chi connectivity index (χ2v) is 10.8. The Bertz CT molecular complexity index is 953. The summed E-state index contributed by atoms with van der Waals surface area (Å²) >= 11 is 1.22. The average molecular weight is 450 g/mol. The van der Waals surface area contributed by atoms with Crippen LogP contribution < -0.4 is 9.64 Å². The number of sulfonamides is 1. The summed E-state index contributed by atoms with van der Waals surface area (Å²) in [5.41, 5.74) is 1.12. The van der Waals surface area contributed by atoms with E-state index in [1.165, 1.54) is 15.6 Å². The van der Waals surface area contributed by atoms with Crippen LogP contribution in [0.5, 0.6) is 5.75 Å². The molecule has 1 atom stereocenters. The van der Waals surface area contributed by atoms with Crippen molar-refractivity contribution < 1.29 is 17.9 Å². The van der Waals surface area contributed by atoms with Gasteiger partial charge in [0, 0.05) is 45.0 Å². The maximum absolute atomic E-state index is 13.1. The summed E-state index contributed by atoms with van der Waals surface area (Å²) in [6, 6.07) is 11.3. The maximum atomic E-state index is 13.1. The number of benzene rings is 1. The molecule has 2 saturated heterocycles. The standard InChI is InChI=1S/C21H27N3O4S2/c1-28-19-8-6-18(7-9-19)22-11-13-23(14-12-22)21(25)17-4-2-10-24(16-17)30(26,27)20-5-3-15-29-20/h3,5-9,15,17H,2,4,10-14,16H2,1H3/t17-/m1/s1. The highest BCUT2D eigenvalue weighted by atomic mass is 32.2. The Morgan fingerprint density at radius 3 is 2.43 bits per heavy atom. The van der Waals surface area contributed by atoms with E-state index in [-0.39, 0.29) is 18.4 Å². The zero-order valence-electron chi connectivity index (χ0n) is 17.1. The Labute approximate surface area is 181 Å². The van der Waals surface area contributed by atoms with Crippen LogP contribution in [0.2, 0.25) is 0 Å². The van der Waals surface area contributed by atoms with Gasteiger partial charge in [-0.05, 0) is 48.6 Å². The van der Waals surface area contributed by atoms with Gasteiger partial charge in [-0.1, -0.05) is 6.07 Å². The number of amides is 1. The van der Waals surface area contributed by atoms with Crippen LogP contribution in [0.15, 0.2) is 46.0 Å². The Hall–Kier alpha value is -2.10. The van der Waals surface area contributed by atoms with Gasteiger partial charge >= 0.3 is 0 Å². The molecule has 2 fully saturated rings. The summed E-state index contributed by atoms with van der Waals surface area (Å²) < 4.78 is 32.7. The molecular formula is C21H27N3O4S2. The fourth-order valence-corrected chi connectivity index (χ4v) is 6.80. The molecule has 2 aliphatic rings. The SMILES string of the molecule is COc1ccc(N2CCN(C(=O)[C@@H]3CCCN(S(=O)(=O)c4cccs4)C3)CC2)cc1. The topological polar surface area (TPSA) is 70.2 Å². The van der Waals surface area contributed by atoms with Crippen LogP contribution in [0.4, 0.5) is 5.69 Å². The van der Waals surface area contributed by atoms with Crippen LogP contribution in [0, 0.1) is 5.92 Å². The number of anilines is 1. The Morgan fingerprint density at radius 2 is 1.80 bits per heavy atom. The monoisotopic (exact) mass is 449 g/mol. The van der Waals surface area contributed by atoms with Crippen molar-refractivity contribution in [2.45, 2.75) is 17.1 Å². The van der Waals surface area contributed by atoms with Crippen molar-refractivity contribution in [2.24, 2.45) is 5.92 Å². The Kier molecular flexibility index (Phi) is 6.31. The number of hydrogen-bond donors (Lipinski definition) is 0. The molecule has 0 saturated carbocycles.